The summed E-state index contributed by atoms with van der Waals surface area (Å²) in [5.41, 5.74) is 6.17. The van der Waals surface area contributed by atoms with Crippen molar-refractivity contribution in [3.63, 3.8) is 0 Å². The Kier molecular flexibility index (Phi) is 8.56. The van der Waals surface area contributed by atoms with E-state index in [4.69, 9.17) is 9.47 Å². The van der Waals surface area contributed by atoms with E-state index >= 15 is 0 Å². The summed E-state index contributed by atoms with van der Waals surface area (Å²) in [6.07, 6.45) is 1.57. The first-order valence-electron chi connectivity index (χ1n) is 12.0. The topological polar surface area (TPSA) is 59.9 Å². The van der Waals surface area contributed by atoms with Crippen LogP contribution in [0.15, 0.2) is 82.4 Å². The molecule has 0 bridgehead atoms. The molecular weight excluding hydrogens is 535 g/mol. The summed E-state index contributed by atoms with van der Waals surface area (Å²) >= 11 is 3.56. The van der Waals surface area contributed by atoms with Gasteiger partial charge in [0.2, 0.25) is 0 Å². The lowest BCUT2D eigenvalue weighted by Gasteiger charge is -2.15. The van der Waals surface area contributed by atoms with Gasteiger partial charge in [-0.3, -0.25) is 4.79 Å². The molecule has 37 heavy (non-hydrogen) atoms. The quantitative estimate of drug-likeness (QED) is 0.172. The molecule has 190 valence electrons. The van der Waals surface area contributed by atoms with Crippen LogP contribution in [0, 0.1) is 12.7 Å². The predicted octanol–water partition coefficient (Wildman–Crippen LogP) is 7.28. The molecule has 0 unspecified atom stereocenters. The fourth-order valence-electron chi connectivity index (χ4n) is 3.87. The molecule has 0 spiro atoms. The zero-order chi connectivity index (χ0) is 26.4. The molecule has 1 N–H and O–H groups in total. The number of ether oxygens (including phenoxy) is 2. The highest BCUT2D eigenvalue weighted by molar-refractivity contribution is 9.10. The fourth-order valence-corrected chi connectivity index (χ4v) is 4.23. The summed E-state index contributed by atoms with van der Waals surface area (Å²) in [6.45, 7) is 6.24. The Bertz CT molecular complexity index is 1440. The molecule has 0 atom stereocenters. The van der Waals surface area contributed by atoms with Gasteiger partial charge < -0.3 is 9.47 Å². The minimum absolute atomic E-state index is 0.165. The number of rotatable bonds is 9. The van der Waals surface area contributed by atoms with Gasteiger partial charge in [-0.15, -0.1) is 0 Å². The van der Waals surface area contributed by atoms with Gasteiger partial charge in [-0.05, 0) is 70.6 Å². The van der Waals surface area contributed by atoms with Crippen molar-refractivity contribution in [1.82, 2.24) is 5.43 Å². The molecule has 4 aromatic carbocycles. The lowest BCUT2D eigenvalue weighted by Crippen LogP contribution is -2.25. The maximum atomic E-state index is 13.2. The summed E-state index contributed by atoms with van der Waals surface area (Å²) in [4.78, 5) is 12.5. The van der Waals surface area contributed by atoms with Crippen molar-refractivity contribution in [2.75, 3.05) is 6.61 Å². The van der Waals surface area contributed by atoms with Crippen LogP contribution < -0.4 is 14.9 Å². The SMILES string of the molecule is Cc1cc(OCC(=O)NN=Cc2c(OCc3ccc(F)cc3)ccc3ccccc23)c(C(C)C)cc1Br. The van der Waals surface area contributed by atoms with Gasteiger partial charge in [0.1, 0.15) is 23.9 Å². The zero-order valence-corrected chi connectivity index (χ0v) is 22.5. The van der Waals surface area contributed by atoms with Gasteiger partial charge in [0, 0.05) is 10.0 Å². The maximum absolute atomic E-state index is 13.2. The van der Waals surface area contributed by atoms with Gasteiger partial charge in [-0.1, -0.05) is 72.2 Å². The second kappa shape index (κ2) is 12.0. The molecule has 0 saturated heterocycles. The van der Waals surface area contributed by atoms with Crippen molar-refractivity contribution in [2.24, 2.45) is 5.10 Å². The standard InChI is InChI=1S/C30H28BrFN2O3/c1-19(2)25-15-27(31)20(3)14-29(25)37-18-30(35)34-33-16-26-24-7-5-4-6-22(24)10-13-28(26)36-17-21-8-11-23(32)12-9-21/h4-16,19H,17-18H2,1-3H3,(H,34,35). The zero-order valence-electron chi connectivity index (χ0n) is 20.9. The number of hydrazone groups is 1. The Morgan fingerprint density at radius 2 is 1.78 bits per heavy atom. The van der Waals surface area contributed by atoms with Crippen LogP contribution in [0.2, 0.25) is 0 Å². The van der Waals surface area contributed by atoms with Crippen LogP contribution in [-0.4, -0.2) is 18.7 Å². The van der Waals surface area contributed by atoms with Gasteiger partial charge in [0.15, 0.2) is 6.61 Å². The van der Waals surface area contributed by atoms with Crippen molar-refractivity contribution < 1.29 is 18.7 Å². The maximum Gasteiger partial charge on any atom is 0.277 e. The molecule has 0 aliphatic rings. The third kappa shape index (κ3) is 6.74. The number of aryl methyl sites for hydroxylation is 1. The lowest BCUT2D eigenvalue weighted by atomic mass is 10.0. The van der Waals surface area contributed by atoms with Gasteiger partial charge in [-0.2, -0.15) is 5.10 Å². The summed E-state index contributed by atoms with van der Waals surface area (Å²) in [5.74, 6) is 0.857. The van der Waals surface area contributed by atoms with Crippen LogP contribution in [0.4, 0.5) is 4.39 Å². The van der Waals surface area contributed by atoms with Crippen LogP contribution in [0.25, 0.3) is 10.8 Å². The highest BCUT2D eigenvalue weighted by Gasteiger charge is 2.13. The van der Waals surface area contributed by atoms with E-state index in [1.807, 2.05) is 55.5 Å². The Morgan fingerprint density at radius 1 is 1.03 bits per heavy atom. The van der Waals surface area contributed by atoms with Crippen LogP contribution in [0.5, 0.6) is 11.5 Å². The normalized spacial score (nSPS) is 11.3. The van der Waals surface area contributed by atoms with Crippen LogP contribution in [0.3, 0.4) is 0 Å². The Labute approximate surface area is 224 Å². The number of nitrogens with one attached hydrogen (secondary N) is 1. The van der Waals surface area contributed by atoms with Crippen molar-refractivity contribution in [2.45, 2.75) is 33.3 Å². The summed E-state index contributed by atoms with van der Waals surface area (Å²) < 4.78 is 26.1. The monoisotopic (exact) mass is 562 g/mol. The average molecular weight is 563 g/mol. The Balaban J connectivity index is 1.47. The highest BCUT2D eigenvalue weighted by atomic mass is 79.9. The number of benzene rings is 4. The number of hydrogen-bond acceptors (Lipinski definition) is 4. The summed E-state index contributed by atoms with van der Waals surface area (Å²) in [6, 6.07) is 21.8. The van der Waals surface area contributed by atoms with Crippen molar-refractivity contribution in [3.05, 3.63) is 105 Å². The van der Waals surface area contributed by atoms with E-state index in [1.165, 1.54) is 12.1 Å². The van der Waals surface area contributed by atoms with E-state index in [0.29, 0.717) is 11.5 Å². The van der Waals surface area contributed by atoms with Gasteiger partial charge in [0.25, 0.3) is 5.91 Å². The predicted molar refractivity (Wildman–Crippen MR) is 149 cm³/mol. The van der Waals surface area contributed by atoms with Crippen molar-refractivity contribution in [3.8, 4) is 11.5 Å². The molecule has 0 aromatic heterocycles. The minimum Gasteiger partial charge on any atom is -0.488 e. The summed E-state index contributed by atoms with van der Waals surface area (Å²) in [5, 5.41) is 6.12. The van der Waals surface area contributed by atoms with E-state index < -0.39 is 0 Å². The molecule has 0 saturated carbocycles. The summed E-state index contributed by atoms with van der Waals surface area (Å²) in [7, 11) is 0. The third-order valence-corrected chi connectivity index (χ3v) is 6.75. The molecule has 1 amide bonds. The number of hydrogen-bond donors (Lipinski definition) is 1. The first kappa shape index (κ1) is 26.4. The highest BCUT2D eigenvalue weighted by Crippen LogP contribution is 2.32. The van der Waals surface area contributed by atoms with E-state index in [0.717, 1.165) is 37.5 Å². The fraction of sp³-hybridized carbons (Fsp3) is 0.200. The number of halogens is 2. The molecule has 0 heterocycles. The Hall–Kier alpha value is -3.71. The number of carbonyl (C=O) groups excluding carboxylic acids is 1. The molecule has 0 aliphatic heterocycles. The molecule has 7 heteroatoms. The average Bonchev–Trinajstić information content (AvgIpc) is 2.89. The van der Waals surface area contributed by atoms with Crippen LogP contribution >= 0.6 is 15.9 Å². The Morgan fingerprint density at radius 3 is 2.54 bits per heavy atom. The molecular formula is C30H28BrFN2O3. The van der Waals surface area contributed by atoms with Gasteiger partial charge in [0.05, 0.1) is 6.21 Å². The first-order valence-corrected chi connectivity index (χ1v) is 12.7. The second-order valence-corrected chi connectivity index (χ2v) is 9.84. The van der Waals surface area contributed by atoms with Gasteiger partial charge >= 0.3 is 0 Å². The second-order valence-electron chi connectivity index (χ2n) is 8.99. The van der Waals surface area contributed by atoms with E-state index in [-0.39, 0.29) is 30.9 Å². The minimum atomic E-state index is -0.374. The molecule has 4 rings (SSSR count). The molecule has 4 aromatic rings. The van der Waals surface area contributed by atoms with Crippen molar-refractivity contribution in [1.29, 1.82) is 0 Å². The van der Waals surface area contributed by atoms with Crippen LogP contribution in [0.1, 0.15) is 42.0 Å². The van der Waals surface area contributed by atoms with E-state index in [1.54, 1.807) is 18.3 Å². The third-order valence-electron chi connectivity index (χ3n) is 5.89. The first-order chi connectivity index (χ1) is 17.8. The molecule has 5 nitrogen and oxygen atoms in total. The smallest absolute Gasteiger partial charge is 0.277 e. The number of nitrogens with zero attached hydrogens (tertiary/aromatic N) is 1. The largest absolute Gasteiger partial charge is 0.488 e. The van der Waals surface area contributed by atoms with E-state index in [2.05, 4.69) is 40.3 Å². The van der Waals surface area contributed by atoms with Crippen LogP contribution in [-0.2, 0) is 11.4 Å². The molecule has 0 radical (unpaired) electrons. The number of carbonyl (C=O) groups is 1. The molecule has 0 fully saturated rings. The van der Waals surface area contributed by atoms with E-state index in [9.17, 15) is 9.18 Å². The molecule has 0 aliphatic carbocycles. The van der Waals surface area contributed by atoms with Crippen molar-refractivity contribution >= 4 is 38.8 Å². The number of fused-ring (bicyclic) bond motifs is 1. The van der Waals surface area contributed by atoms with Gasteiger partial charge in [-0.25, -0.2) is 9.82 Å². The number of amides is 1. The lowest BCUT2D eigenvalue weighted by molar-refractivity contribution is -0.123.